The third kappa shape index (κ3) is 2.33. The maximum absolute atomic E-state index is 12.3. The molecule has 1 fully saturated rings. The number of anilines is 2. The van der Waals surface area contributed by atoms with Crippen LogP contribution in [0.5, 0.6) is 0 Å². The molecule has 2 aliphatic heterocycles. The summed E-state index contributed by atoms with van der Waals surface area (Å²) in [5, 5.41) is 3.06. The van der Waals surface area contributed by atoms with Crippen LogP contribution in [0.4, 0.5) is 11.5 Å². The molecule has 1 atom stereocenters. The normalized spacial score (nSPS) is 23.4. The Bertz CT molecular complexity index is 519. The Labute approximate surface area is 122 Å². The summed E-state index contributed by atoms with van der Waals surface area (Å²) in [5.41, 5.74) is 0.635. The molecule has 0 saturated carbocycles. The number of ether oxygens (including phenoxy) is 1. The largest absolute Gasteiger partial charge is 0.381 e. The quantitative estimate of drug-likeness (QED) is 0.844. The Morgan fingerprint density at radius 2 is 2.25 bits per heavy atom. The Kier molecular flexibility index (Phi) is 3.76. The molecule has 2 aliphatic rings. The minimum absolute atomic E-state index is 0.00239. The zero-order valence-corrected chi connectivity index (χ0v) is 12.1. The lowest BCUT2D eigenvalue weighted by Crippen LogP contribution is -2.54. The van der Waals surface area contributed by atoms with Gasteiger partial charge in [0, 0.05) is 19.3 Å². The third-order valence-electron chi connectivity index (χ3n) is 3.85. The molecule has 1 saturated heterocycles. The second kappa shape index (κ2) is 5.54. The van der Waals surface area contributed by atoms with Crippen molar-refractivity contribution in [3.63, 3.8) is 0 Å². The highest BCUT2D eigenvalue weighted by Crippen LogP contribution is 2.35. The number of nitrogens with one attached hydrogen (secondary N) is 1. The van der Waals surface area contributed by atoms with E-state index in [0.717, 1.165) is 25.1 Å². The zero-order valence-electron chi connectivity index (χ0n) is 11.3. The smallest absolute Gasteiger partial charge is 0.247 e. The van der Waals surface area contributed by atoms with Crippen LogP contribution in [0.1, 0.15) is 26.2 Å². The molecule has 6 nitrogen and oxygen atoms in total. The van der Waals surface area contributed by atoms with Crippen molar-refractivity contribution in [2.24, 2.45) is 0 Å². The second-order valence-electron chi connectivity index (χ2n) is 5.04. The van der Waals surface area contributed by atoms with Crippen molar-refractivity contribution >= 4 is 29.0 Å². The van der Waals surface area contributed by atoms with Gasteiger partial charge in [0.2, 0.25) is 11.2 Å². The molecule has 20 heavy (non-hydrogen) atoms. The molecule has 1 aromatic rings. The maximum Gasteiger partial charge on any atom is 0.247 e. The molecular formula is C13H17ClN4O2. The summed E-state index contributed by atoms with van der Waals surface area (Å²) in [5.74, 6) is 0.723. The van der Waals surface area contributed by atoms with Crippen molar-refractivity contribution in [2.45, 2.75) is 38.3 Å². The van der Waals surface area contributed by atoms with Crippen LogP contribution < -0.4 is 10.2 Å². The van der Waals surface area contributed by atoms with Crippen molar-refractivity contribution < 1.29 is 9.53 Å². The molecule has 7 heteroatoms. The summed E-state index contributed by atoms with van der Waals surface area (Å²) in [6, 6.07) is 0.0426. The van der Waals surface area contributed by atoms with Crippen LogP contribution >= 0.6 is 11.6 Å². The Hall–Kier alpha value is -1.40. The van der Waals surface area contributed by atoms with E-state index in [1.54, 1.807) is 6.20 Å². The molecular weight excluding hydrogens is 280 g/mol. The summed E-state index contributed by atoms with van der Waals surface area (Å²) >= 11 is 5.92. The number of hydrogen-bond donors (Lipinski definition) is 1. The van der Waals surface area contributed by atoms with Crippen molar-refractivity contribution in [1.29, 1.82) is 0 Å². The molecule has 1 aromatic heterocycles. The summed E-state index contributed by atoms with van der Waals surface area (Å²) in [7, 11) is 0. The van der Waals surface area contributed by atoms with Gasteiger partial charge in [0.25, 0.3) is 0 Å². The highest BCUT2D eigenvalue weighted by molar-refractivity contribution is 6.28. The molecule has 1 N–H and O–H groups in total. The maximum atomic E-state index is 12.3. The topological polar surface area (TPSA) is 67.4 Å². The lowest BCUT2D eigenvalue weighted by molar-refractivity contribution is -0.118. The average Bonchev–Trinajstić information content (AvgIpc) is 2.47. The number of rotatable bonds is 2. The van der Waals surface area contributed by atoms with Gasteiger partial charge in [0.05, 0.1) is 6.20 Å². The van der Waals surface area contributed by atoms with E-state index in [2.05, 4.69) is 20.2 Å². The molecule has 3 rings (SSSR count). The van der Waals surface area contributed by atoms with Crippen LogP contribution in [0.25, 0.3) is 0 Å². The standard InChI is InChI=1S/C13H17ClN4O2/c1-2-10-12(19)16-9-7-15-13(14)17-11(9)18(10)8-3-5-20-6-4-8/h7-8,10H,2-6H2,1H3,(H,16,19). The van der Waals surface area contributed by atoms with Crippen LogP contribution in [-0.4, -0.2) is 41.2 Å². The second-order valence-corrected chi connectivity index (χ2v) is 5.38. The molecule has 0 bridgehead atoms. The van der Waals surface area contributed by atoms with Crippen LogP contribution in [0.3, 0.4) is 0 Å². The zero-order chi connectivity index (χ0) is 14.1. The first-order chi connectivity index (χ1) is 9.70. The fourth-order valence-electron chi connectivity index (χ4n) is 2.90. The van der Waals surface area contributed by atoms with Gasteiger partial charge >= 0.3 is 0 Å². The minimum atomic E-state index is -0.212. The van der Waals surface area contributed by atoms with Crippen molar-refractivity contribution in [3.8, 4) is 0 Å². The number of nitrogens with zero attached hydrogens (tertiary/aromatic N) is 3. The van der Waals surface area contributed by atoms with Gasteiger partial charge in [-0.15, -0.1) is 0 Å². The lowest BCUT2D eigenvalue weighted by Gasteiger charge is -2.43. The van der Waals surface area contributed by atoms with E-state index in [9.17, 15) is 4.79 Å². The molecule has 0 spiro atoms. The summed E-state index contributed by atoms with van der Waals surface area (Å²) in [6.07, 6.45) is 4.08. The first-order valence-corrected chi connectivity index (χ1v) is 7.28. The first-order valence-electron chi connectivity index (χ1n) is 6.90. The minimum Gasteiger partial charge on any atom is -0.381 e. The molecule has 0 aromatic carbocycles. The van der Waals surface area contributed by atoms with Crippen LogP contribution in [0, 0.1) is 0 Å². The first kappa shape index (κ1) is 13.6. The van der Waals surface area contributed by atoms with E-state index < -0.39 is 0 Å². The Morgan fingerprint density at radius 1 is 1.50 bits per heavy atom. The van der Waals surface area contributed by atoms with Crippen LogP contribution in [0.15, 0.2) is 6.20 Å². The van der Waals surface area contributed by atoms with E-state index in [1.807, 2.05) is 6.92 Å². The van der Waals surface area contributed by atoms with Crippen molar-refractivity contribution in [3.05, 3.63) is 11.5 Å². The Morgan fingerprint density at radius 3 is 2.95 bits per heavy atom. The number of hydrogen-bond acceptors (Lipinski definition) is 5. The van der Waals surface area contributed by atoms with Gasteiger partial charge in [-0.1, -0.05) is 6.92 Å². The Balaban J connectivity index is 2.02. The average molecular weight is 297 g/mol. The highest BCUT2D eigenvalue weighted by atomic mass is 35.5. The third-order valence-corrected chi connectivity index (χ3v) is 4.03. The molecule has 1 amide bonds. The fraction of sp³-hybridized carbons (Fsp3) is 0.615. The number of fused-ring (bicyclic) bond motifs is 1. The lowest BCUT2D eigenvalue weighted by atomic mass is 10.0. The van der Waals surface area contributed by atoms with Gasteiger partial charge in [-0.05, 0) is 30.9 Å². The molecule has 0 radical (unpaired) electrons. The SMILES string of the molecule is CCC1C(=O)Nc2cnc(Cl)nc2N1C1CCOCC1. The predicted molar refractivity (Wildman–Crippen MR) is 76.1 cm³/mol. The fourth-order valence-corrected chi connectivity index (χ4v) is 3.03. The van der Waals surface area contributed by atoms with Gasteiger partial charge < -0.3 is 15.0 Å². The number of carbonyl (C=O) groups is 1. The van der Waals surface area contributed by atoms with Gasteiger partial charge in [0.1, 0.15) is 11.7 Å². The van der Waals surface area contributed by atoms with Crippen LogP contribution in [0.2, 0.25) is 5.28 Å². The summed E-state index contributed by atoms with van der Waals surface area (Å²) in [4.78, 5) is 22.6. The van der Waals surface area contributed by atoms with E-state index >= 15 is 0 Å². The predicted octanol–water partition coefficient (Wildman–Crippen LogP) is 1.85. The number of aromatic nitrogens is 2. The summed E-state index contributed by atoms with van der Waals surface area (Å²) < 4.78 is 5.41. The van der Waals surface area contributed by atoms with Crippen molar-refractivity contribution in [1.82, 2.24) is 9.97 Å². The van der Waals surface area contributed by atoms with Gasteiger partial charge in [-0.3, -0.25) is 4.79 Å². The molecule has 0 aliphatic carbocycles. The highest BCUT2D eigenvalue weighted by Gasteiger charge is 2.38. The van der Waals surface area contributed by atoms with Gasteiger partial charge in [0.15, 0.2) is 5.82 Å². The van der Waals surface area contributed by atoms with E-state index in [-0.39, 0.29) is 23.3 Å². The van der Waals surface area contributed by atoms with Crippen LogP contribution in [-0.2, 0) is 9.53 Å². The molecule has 1 unspecified atom stereocenters. The number of carbonyl (C=O) groups excluding carboxylic acids is 1. The monoisotopic (exact) mass is 296 g/mol. The number of halogens is 1. The summed E-state index contributed by atoms with van der Waals surface area (Å²) in [6.45, 7) is 3.44. The number of amides is 1. The van der Waals surface area contributed by atoms with E-state index in [0.29, 0.717) is 18.9 Å². The van der Waals surface area contributed by atoms with Gasteiger partial charge in [-0.2, -0.15) is 4.98 Å². The van der Waals surface area contributed by atoms with Crippen molar-refractivity contribution in [2.75, 3.05) is 23.4 Å². The molecule has 3 heterocycles. The van der Waals surface area contributed by atoms with Gasteiger partial charge in [-0.25, -0.2) is 4.98 Å². The molecule has 108 valence electrons. The van der Waals surface area contributed by atoms with E-state index in [1.165, 1.54) is 0 Å². The van der Waals surface area contributed by atoms with E-state index in [4.69, 9.17) is 16.3 Å².